The number of para-hydroxylation sites is 4. The standard InChI is InChI=1S/C35H57BrN4Si2/c1-32(2,3)23-37-28-17-13-14-18-29(28)38(24-33(4,5)6)41(37,27-21-22-27)42(36)39(25-34(7,8)9)30-19-15-16-20-31(30)40(42)26-35(10,11)12/h13-20,27H,21-26H2,1-12H3. The van der Waals surface area contributed by atoms with Crippen LogP contribution in [0.4, 0.5) is 22.7 Å². The van der Waals surface area contributed by atoms with Crippen LogP contribution in [0.1, 0.15) is 95.9 Å². The molecule has 232 valence electrons. The van der Waals surface area contributed by atoms with Crippen molar-refractivity contribution < 1.29 is 0 Å². The molecule has 42 heavy (non-hydrogen) atoms. The average molecular weight is 670 g/mol. The van der Waals surface area contributed by atoms with E-state index in [0.717, 1.165) is 31.7 Å². The summed E-state index contributed by atoms with van der Waals surface area (Å²) >= 11 is 5.01. The molecule has 2 aromatic rings. The van der Waals surface area contributed by atoms with Crippen LogP contribution in [-0.4, -0.2) is 40.6 Å². The molecule has 2 heterocycles. The first-order valence-electron chi connectivity index (χ1n) is 16.2. The van der Waals surface area contributed by atoms with E-state index in [0.29, 0.717) is 0 Å². The molecule has 0 spiro atoms. The average Bonchev–Trinajstić information content (AvgIpc) is 3.61. The van der Waals surface area contributed by atoms with Gasteiger partial charge in [0.05, 0.1) is 22.7 Å². The van der Waals surface area contributed by atoms with Gasteiger partial charge < -0.3 is 18.3 Å². The van der Waals surface area contributed by atoms with Crippen LogP contribution < -0.4 is 18.3 Å². The Morgan fingerprint density at radius 2 is 0.786 bits per heavy atom. The van der Waals surface area contributed by atoms with Crippen LogP contribution in [0.2, 0.25) is 5.54 Å². The fraction of sp³-hybridized carbons (Fsp3) is 0.657. The summed E-state index contributed by atoms with van der Waals surface area (Å²) in [7, 11) is -2.52. The predicted octanol–water partition coefficient (Wildman–Crippen LogP) is 9.84. The van der Waals surface area contributed by atoms with Crippen molar-refractivity contribution in [3.05, 3.63) is 48.5 Å². The van der Waals surface area contributed by atoms with E-state index in [1.165, 1.54) is 35.6 Å². The molecule has 4 nitrogen and oxygen atoms in total. The lowest BCUT2D eigenvalue weighted by Gasteiger charge is -2.58. The minimum Gasteiger partial charge on any atom is -0.377 e. The van der Waals surface area contributed by atoms with Crippen LogP contribution in [-0.2, 0) is 0 Å². The van der Waals surface area contributed by atoms with Gasteiger partial charge in [-0.05, 0) is 64.3 Å². The maximum absolute atomic E-state index is 5.01. The molecule has 1 aliphatic carbocycles. The molecule has 1 saturated carbocycles. The van der Waals surface area contributed by atoms with Gasteiger partial charge in [0.2, 0.25) is 0 Å². The molecule has 0 amide bonds. The van der Waals surface area contributed by atoms with E-state index < -0.39 is 14.4 Å². The number of anilines is 4. The summed E-state index contributed by atoms with van der Waals surface area (Å²) in [6.45, 7) is 30.9. The maximum atomic E-state index is 5.01. The normalized spacial score (nSPS) is 20.3. The third-order valence-electron chi connectivity index (χ3n) is 8.61. The summed E-state index contributed by atoms with van der Waals surface area (Å²) in [5, 5.41) is 0. The van der Waals surface area contributed by atoms with E-state index in [1.54, 1.807) is 0 Å². The molecule has 5 rings (SSSR count). The van der Waals surface area contributed by atoms with Crippen molar-refractivity contribution in [2.24, 2.45) is 21.7 Å². The van der Waals surface area contributed by atoms with Crippen molar-refractivity contribution in [2.75, 3.05) is 44.4 Å². The first-order valence-corrected chi connectivity index (χ1v) is 23.3. The molecule has 1 fully saturated rings. The molecule has 0 saturated heterocycles. The van der Waals surface area contributed by atoms with Gasteiger partial charge in [-0.15, -0.1) is 0 Å². The summed E-state index contributed by atoms with van der Waals surface area (Å²) in [4.78, 5) is 0. The fourth-order valence-electron chi connectivity index (χ4n) is 7.43. The highest BCUT2D eigenvalue weighted by atomic mass is 79.9. The lowest BCUT2D eigenvalue weighted by molar-refractivity contribution is 0.418. The number of halogens is 1. The van der Waals surface area contributed by atoms with Crippen molar-refractivity contribution in [3.8, 4) is 0 Å². The Hall–Kier alpha value is -1.45. The van der Waals surface area contributed by atoms with Crippen LogP contribution in [0.3, 0.4) is 0 Å². The zero-order chi connectivity index (χ0) is 31.1. The molecular weight excluding hydrogens is 612 g/mol. The van der Waals surface area contributed by atoms with Crippen LogP contribution in [0, 0.1) is 21.7 Å². The van der Waals surface area contributed by atoms with Crippen molar-refractivity contribution in [1.82, 2.24) is 0 Å². The molecule has 7 heteroatoms. The van der Waals surface area contributed by atoms with E-state index in [2.05, 4.69) is 150 Å². The van der Waals surface area contributed by atoms with Crippen LogP contribution in [0.15, 0.2) is 48.5 Å². The molecule has 0 unspecified atom stereocenters. The molecule has 3 aliphatic rings. The molecule has 2 aliphatic heterocycles. The molecule has 0 atom stereocenters. The highest BCUT2D eigenvalue weighted by Crippen LogP contribution is 2.65. The van der Waals surface area contributed by atoms with Crippen LogP contribution >= 0.6 is 15.3 Å². The SMILES string of the molecule is CC(C)(C)CN1c2ccccc2N(CC(C)(C)C)[Si]1(Br)[Si]1(C2CC2)N(CC(C)(C)C)c2ccccc2N1CC(C)(C)C. The van der Waals surface area contributed by atoms with Crippen LogP contribution in [0.25, 0.3) is 0 Å². The number of rotatable bonds is 6. The Labute approximate surface area is 267 Å². The fourth-order valence-corrected chi connectivity index (χ4v) is 34.7. The van der Waals surface area contributed by atoms with Crippen LogP contribution in [0.5, 0.6) is 0 Å². The Morgan fingerprint density at radius 3 is 1.05 bits per heavy atom. The number of fused-ring (bicyclic) bond motifs is 2. The Bertz CT molecular complexity index is 1210. The molecule has 0 aromatic heterocycles. The molecule has 0 radical (unpaired) electrons. The largest absolute Gasteiger partial charge is 0.377 e. The lowest BCUT2D eigenvalue weighted by atomic mass is 9.96. The second-order valence-corrected chi connectivity index (χ2v) is 33.6. The van der Waals surface area contributed by atoms with Gasteiger partial charge in [0, 0.05) is 26.2 Å². The van der Waals surface area contributed by atoms with Crippen molar-refractivity contribution in [2.45, 2.75) is 101 Å². The third kappa shape index (κ3) is 5.60. The van der Waals surface area contributed by atoms with Gasteiger partial charge in [-0.25, -0.2) is 0 Å². The van der Waals surface area contributed by atoms with Crippen molar-refractivity contribution >= 4 is 52.5 Å². The number of hydrogen-bond donors (Lipinski definition) is 0. The smallest absolute Gasteiger partial charge is 0.369 e. The maximum Gasteiger partial charge on any atom is 0.369 e. The van der Waals surface area contributed by atoms with E-state index in [-0.39, 0.29) is 21.7 Å². The topological polar surface area (TPSA) is 13.0 Å². The minimum absolute atomic E-state index is 0.158. The number of benzene rings is 2. The van der Waals surface area contributed by atoms with E-state index in [4.69, 9.17) is 15.3 Å². The summed E-state index contributed by atoms with van der Waals surface area (Å²) in [5.41, 5.74) is 7.21. The van der Waals surface area contributed by atoms with Gasteiger partial charge in [-0.3, -0.25) is 0 Å². The molecular formula is C35H57BrN4Si2. The summed E-state index contributed by atoms with van der Waals surface area (Å²) < 4.78 is 12.1. The predicted molar refractivity (Wildman–Crippen MR) is 194 cm³/mol. The Morgan fingerprint density at radius 1 is 0.524 bits per heavy atom. The highest BCUT2D eigenvalue weighted by Gasteiger charge is 2.79. The molecule has 2 aromatic carbocycles. The Kier molecular flexibility index (Phi) is 7.84. The van der Waals surface area contributed by atoms with E-state index >= 15 is 0 Å². The minimum atomic E-state index is -2.64. The van der Waals surface area contributed by atoms with E-state index in [1.807, 2.05) is 0 Å². The van der Waals surface area contributed by atoms with E-state index in [9.17, 15) is 0 Å². The monoisotopic (exact) mass is 668 g/mol. The lowest BCUT2D eigenvalue weighted by Crippen LogP contribution is -2.88. The molecule has 0 bridgehead atoms. The van der Waals surface area contributed by atoms with Crippen molar-refractivity contribution in [3.63, 3.8) is 0 Å². The van der Waals surface area contributed by atoms with Gasteiger partial charge >= 0.3 is 14.4 Å². The first-order chi connectivity index (χ1) is 19.2. The van der Waals surface area contributed by atoms with Crippen molar-refractivity contribution in [1.29, 1.82) is 0 Å². The molecule has 0 N–H and O–H groups in total. The van der Waals surface area contributed by atoms with Gasteiger partial charge in [0.15, 0.2) is 0 Å². The third-order valence-corrected chi connectivity index (χ3v) is 31.0. The van der Waals surface area contributed by atoms with Gasteiger partial charge in [-0.1, -0.05) is 123 Å². The number of hydrogen-bond acceptors (Lipinski definition) is 4. The summed E-state index contributed by atoms with van der Waals surface area (Å²) in [6.07, 6.45) is 2.68. The van der Waals surface area contributed by atoms with Gasteiger partial charge in [-0.2, -0.15) is 0 Å². The quantitative estimate of drug-likeness (QED) is 0.224. The zero-order valence-corrected chi connectivity index (χ0v) is 32.2. The highest BCUT2D eigenvalue weighted by molar-refractivity contribution is 9.28. The first kappa shape index (κ1) is 32.0. The number of nitrogens with zero attached hydrogens (tertiary/aromatic N) is 4. The summed E-state index contributed by atoms with van der Waals surface area (Å²) in [5.74, 6) is 0. The second-order valence-electron chi connectivity index (χ2n) is 18.2. The van der Waals surface area contributed by atoms with Gasteiger partial charge in [0.1, 0.15) is 0 Å². The van der Waals surface area contributed by atoms with Gasteiger partial charge in [0.25, 0.3) is 0 Å². The summed E-state index contributed by atoms with van der Waals surface area (Å²) in [6, 6.07) is 18.8. The Balaban J connectivity index is 1.89. The second kappa shape index (κ2) is 10.3. The zero-order valence-electron chi connectivity index (χ0n) is 28.6.